The molecule has 0 bridgehead atoms. The molecule has 0 fully saturated rings. The number of ether oxygens (including phenoxy) is 1. The summed E-state index contributed by atoms with van der Waals surface area (Å²) in [5, 5.41) is 10.6. The summed E-state index contributed by atoms with van der Waals surface area (Å²) in [5.41, 5.74) is 2.26. The van der Waals surface area contributed by atoms with Crippen molar-refractivity contribution in [3.8, 4) is 0 Å². The van der Waals surface area contributed by atoms with E-state index in [2.05, 4.69) is 25.2 Å². The lowest BCUT2D eigenvalue weighted by molar-refractivity contribution is -0.114. The molecule has 2 aromatic heterocycles. The van der Waals surface area contributed by atoms with Crippen LogP contribution in [-0.4, -0.2) is 47.4 Å². The van der Waals surface area contributed by atoms with Crippen molar-refractivity contribution in [3.05, 3.63) is 60.6 Å². The molecule has 2 N–H and O–H groups in total. The van der Waals surface area contributed by atoms with E-state index in [0.717, 1.165) is 16.6 Å². The molecule has 0 unspecified atom stereocenters. The van der Waals surface area contributed by atoms with Gasteiger partial charge in [-0.3, -0.25) is 14.9 Å². The van der Waals surface area contributed by atoms with Gasteiger partial charge in [0.25, 0.3) is 5.91 Å². The second-order valence-corrected chi connectivity index (χ2v) is 5.96. The minimum Gasteiger partial charge on any atom is -0.453 e. The summed E-state index contributed by atoms with van der Waals surface area (Å²) in [7, 11) is 1.31. The normalized spacial score (nSPS) is 10.9. The Bertz CT molecular complexity index is 968. The molecule has 0 aliphatic rings. The topological polar surface area (TPSA) is 100 Å². The number of pyridine rings is 1. The minimum absolute atomic E-state index is 0.172. The summed E-state index contributed by atoms with van der Waals surface area (Å²) in [6, 6.07) is 11.2. The van der Waals surface area contributed by atoms with Gasteiger partial charge in [-0.25, -0.2) is 4.79 Å². The molecule has 3 rings (SSSR count). The van der Waals surface area contributed by atoms with Crippen molar-refractivity contribution >= 4 is 34.7 Å². The lowest BCUT2D eigenvalue weighted by Gasteiger charge is -2.21. The maximum absolute atomic E-state index is 12.8. The molecule has 0 aliphatic heterocycles. The number of anilines is 1. The number of aromatic nitrogens is 3. The highest BCUT2D eigenvalue weighted by Crippen LogP contribution is 2.17. The zero-order valence-electron chi connectivity index (χ0n) is 15.5. The van der Waals surface area contributed by atoms with Gasteiger partial charge in [-0.2, -0.15) is 5.10 Å². The molecular formula is C20H21N5O3. The number of alkyl carbamates (subject to hydrolysis) is 1. The monoisotopic (exact) mass is 379 g/mol. The van der Waals surface area contributed by atoms with Crippen LogP contribution in [0.25, 0.3) is 17.0 Å². The van der Waals surface area contributed by atoms with Crippen LogP contribution < -0.4 is 10.2 Å². The molecule has 0 aliphatic carbocycles. The smallest absolute Gasteiger partial charge is 0.406 e. The van der Waals surface area contributed by atoms with E-state index in [9.17, 15) is 9.59 Å². The van der Waals surface area contributed by atoms with Crippen molar-refractivity contribution in [2.75, 3.05) is 25.1 Å². The van der Waals surface area contributed by atoms with Crippen molar-refractivity contribution in [1.82, 2.24) is 20.5 Å². The Balaban J connectivity index is 1.71. The van der Waals surface area contributed by atoms with Crippen LogP contribution in [0.1, 0.15) is 12.1 Å². The fourth-order valence-electron chi connectivity index (χ4n) is 2.73. The number of rotatable bonds is 7. The highest BCUT2D eigenvalue weighted by Gasteiger charge is 2.13. The van der Waals surface area contributed by atoms with Crippen LogP contribution in [0, 0.1) is 0 Å². The number of amides is 2. The molecule has 0 atom stereocenters. The van der Waals surface area contributed by atoms with Crippen molar-refractivity contribution in [3.63, 3.8) is 0 Å². The summed E-state index contributed by atoms with van der Waals surface area (Å²) in [5.74, 6) is -0.172. The predicted octanol–water partition coefficient (Wildman–Crippen LogP) is 2.75. The number of carbonyl (C=O) groups excluding carboxylic acids is 2. The first-order valence-electron chi connectivity index (χ1n) is 8.83. The Morgan fingerprint density at radius 1 is 1.25 bits per heavy atom. The van der Waals surface area contributed by atoms with Crippen LogP contribution in [0.2, 0.25) is 0 Å². The number of nitrogens with zero attached hydrogens (tertiary/aromatic N) is 3. The van der Waals surface area contributed by atoms with Gasteiger partial charge in [0.15, 0.2) is 0 Å². The quantitative estimate of drug-likeness (QED) is 0.486. The van der Waals surface area contributed by atoms with Gasteiger partial charge in [0, 0.05) is 36.4 Å². The molecule has 2 heterocycles. The zero-order valence-corrected chi connectivity index (χ0v) is 15.5. The van der Waals surface area contributed by atoms with Gasteiger partial charge >= 0.3 is 6.09 Å². The first kappa shape index (κ1) is 19.1. The van der Waals surface area contributed by atoms with Crippen LogP contribution >= 0.6 is 0 Å². The van der Waals surface area contributed by atoms with E-state index in [-0.39, 0.29) is 5.91 Å². The maximum Gasteiger partial charge on any atom is 0.406 e. The average molecular weight is 379 g/mol. The molecule has 3 aromatic rings. The summed E-state index contributed by atoms with van der Waals surface area (Å²) in [4.78, 5) is 29.7. The van der Waals surface area contributed by atoms with Crippen molar-refractivity contribution in [2.24, 2.45) is 0 Å². The number of methoxy groups -OCH3 is 1. The van der Waals surface area contributed by atoms with E-state index in [0.29, 0.717) is 25.2 Å². The minimum atomic E-state index is -0.489. The highest BCUT2D eigenvalue weighted by molar-refractivity contribution is 6.04. The Kier molecular flexibility index (Phi) is 6.35. The van der Waals surface area contributed by atoms with E-state index in [4.69, 9.17) is 0 Å². The Morgan fingerprint density at radius 2 is 2.07 bits per heavy atom. The van der Waals surface area contributed by atoms with E-state index >= 15 is 0 Å². The van der Waals surface area contributed by atoms with Crippen LogP contribution in [0.5, 0.6) is 0 Å². The van der Waals surface area contributed by atoms with E-state index in [1.54, 1.807) is 23.4 Å². The van der Waals surface area contributed by atoms with Gasteiger partial charge in [0.2, 0.25) is 0 Å². The number of H-pyrrole nitrogens is 1. The molecule has 144 valence electrons. The summed E-state index contributed by atoms with van der Waals surface area (Å²) >= 11 is 0. The molecule has 8 nitrogen and oxygen atoms in total. The van der Waals surface area contributed by atoms with Crippen LogP contribution in [0.15, 0.2) is 54.9 Å². The number of carbonyl (C=O) groups is 2. The molecule has 0 saturated heterocycles. The third-order valence-electron chi connectivity index (χ3n) is 4.12. The van der Waals surface area contributed by atoms with Gasteiger partial charge in [0.05, 0.1) is 24.5 Å². The van der Waals surface area contributed by atoms with Crippen molar-refractivity contribution in [2.45, 2.75) is 6.42 Å². The summed E-state index contributed by atoms with van der Waals surface area (Å²) < 4.78 is 4.55. The fourth-order valence-corrected chi connectivity index (χ4v) is 2.73. The van der Waals surface area contributed by atoms with E-state index < -0.39 is 6.09 Å². The molecule has 1 aromatic carbocycles. The number of nitrogens with one attached hydrogen (secondary N) is 2. The molecule has 28 heavy (non-hydrogen) atoms. The van der Waals surface area contributed by atoms with Crippen molar-refractivity contribution < 1.29 is 14.3 Å². The van der Waals surface area contributed by atoms with Gasteiger partial charge in [-0.1, -0.05) is 18.2 Å². The second-order valence-electron chi connectivity index (χ2n) is 5.96. The van der Waals surface area contributed by atoms with Crippen molar-refractivity contribution in [1.29, 1.82) is 0 Å². The standard InChI is InChI=1S/C20H21N5O3/c1-28-20(27)22-11-5-13-25(15-6-3-2-4-7-15)19(26)9-8-17-16-10-12-21-14-18(16)24-23-17/h2-4,6-10,12,14H,5,11,13H2,1H3,(H,22,27)(H,23,24)/b9-8+. The van der Waals surface area contributed by atoms with Gasteiger partial charge in [0.1, 0.15) is 0 Å². The maximum atomic E-state index is 12.8. The molecule has 0 radical (unpaired) electrons. The molecule has 8 heteroatoms. The Labute approximate surface area is 162 Å². The Hall–Kier alpha value is -3.68. The molecule has 0 spiro atoms. The lowest BCUT2D eigenvalue weighted by atomic mass is 10.2. The first-order valence-corrected chi connectivity index (χ1v) is 8.83. The van der Waals surface area contributed by atoms with E-state index in [1.165, 1.54) is 13.2 Å². The lowest BCUT2D eigenvalue weighted by Crippen LogP contribution is -2.33. The number of para-hydroxylation sites is 1. The number of hydrogen-bond acceptors (Lipinski definition) is 5. The third-order valence-corrected chi connectivity index (χ3v) is 4.12. The second kappa shape index (κ2) is 9.31. The first-order chi connectivity index (χ1) is 13.7. The summed E-state index contributed by atoms with van der Waals surface area (Å²) in [6.07, 6.45) is 6.65. The number of aromatic amines is 1. The zero-order chi connectivity index (χ0) is 19.8. The molecular weight excluding hydrogens is 358 g/mol. The van der Waals surface area contributed by atoms with Crippen LogP contribution in [0.3, 0.4) is 0 Å². The highest BCUT2D eigenvalue weighted by atomic mass is 16.5. The number of fused-ring (bicyclic) bond motifs is 1. The average Bonchev–Trinajstić information content (AvgIpc) is 3.15. The number of hydrogen-bond donors (Lipinski definition) is 2. The fraction of sp³-hybridized carbons (Fsp3) is 0.200. The third kappa shape index (κ3) is 4.73. The van der Waals surface area contributed by atoms with Gasteiger partial charge in [-0.15, -0.1) is 0 Å². The molecule has 0 saturated carbocycles. The SMILES string of the molecule is COC(=O)NCCCN(C(=O)/C=C/c1n[nH]c2cnccc12)c1ccccc1. The summed E-state index contributed by atoms with van der Waals surface area (Å²) in [6.45, 7) is 0.854. The van der Waals surface area contributed by atoms with Gasteiger partial charge in [-0.05, 0) is 30.7 Å². The predicted molar refractivity (Wildman–Crippen MR) is 107 cm³/mol. The number of benzene rings is 1. The van der Waals surface area contributed by atoms with Gasteiger partial charge < -0.3 is 15.0 Å². The van der Waals surface area contributed by atoms with Crippen LogP contribution in [-0.2, 0) is 9.53 Å². The Morgan fingerprint density at radius 3 is 2.86 bits per heavy atom. The largest absolute Gasteiger partial charge is 0.453 e. The molecule has 2 amide bonds. The van der Waals surface area contributed by atoms with Crippen LogP contribution in [0.4, 0.5) is 10.5 Å². The van der Waals surface area contributed by atoms with E-state index in [1.807, 2.05) is 36.4 Å².